The summed E-state index contributed by atoms with van der Waals surface area (Å²) in [5.74, 6) is -1.35. The third-order valence-electron chi connectivity index (χ3n) is 2.39. The molecule has 0 aliphatic carbocycles. The number of rotatable bonds is 5. The number of nitrogens with zero attached hydrogens (tertiary/aromatic N) is 2. The average Bonchev–Trinajstić information content (AvgIpc) is 2.42. The van der Waals surface area contributed by atoms with Gasteiger partial charge in [0, 0.05) is 3.57 Å². The van der Waals surface area contributed by atoms with Crippen LogP contribution in [0.15, 0.2) is 17.2 Å². The molecular weight excluding hydrogens is 466 g/mol. The Morgan fingerprint density at radius 3 is 2.54 bits per heavy atom. The zero-order chi connectivity index (χ0) is 18.7. The van der Waals surface area contributed by atoms with Crippen LogP contribution in [-0.2, 0) is 10.1 Å². The maximum Gasteiger partial charge on any atom is 0.534 e. The van der Waals surface area contributed by atoms with Gasteiger partial charge in [0.25, 0.3) is 0 Å². The maximum atomic E-state index is 12.5. The van der Waals surface area contributed by atoms with Crippen LogP contribution in [0.1, 0.15) is 5.56 Å². The van der Waals surface area contributed by atoms with E-state index >= 15 is 0 Å². The fourth-order valence-corrected chi connectivity index (χ4v) is 2.17. The minimum Gasteiger partial charge on any atom is -0.382 e. The molecule has 8 nitrogen and oxygen atoms in total. The van der Waals surface area contributed by atoms with Gasteiger partial charge in [-0.3, -0.25) is 10.8 Å². The molecule has 24 heavy (non-hydrogen) atoms. The fourth-order valence-electron chi connectivity index (χ4n) is 1.24. The molecule has 1 aromatic carbocycles. The lowest BCUT2D eigenvalue weighted by Gasteiger charge is -2.14. The number of nitrogens with two attached hydrogens (primary N) is 1. The van der Waals surface area contributed by atoms with Gasteiger partial charge in [0.1, 0.15) is 11.8 Å². The molecule has 0 aliphatic heterocycles. The van der Waals surface area contributed by atoms with E-state index < -0.39 is 32.9 Å². The van der Waals surface area contributed by atoms with Gasteiger partial charge in [-0.1, -0.05) is 0 Å². The molecule has 0 aromatic heterocycles. The predicted octanol–water partition coefficient (Wildman–Crippen LogP) is 2.06. The highest BCUT2D eigenvalue weighted by Gasteiger charge is 2.48. The standard InChI is InChI=1S/C11H9F3IN5O3S/c1-5-2-9(23-24(21,22)11(12,13)14)7(3-6(5)15)19-20-8(4-16)10(17)18/h2-3,19H,1H3,(H3,17,18)/b20-8+. The number of hydrogen-bond donors (Lipinski definition) is 3. The minimum atomic E-state index is -5.89. The molecule has 0 heterocycles. The second-order valence-corrected chi connectivity index (χ2v) is 6.88. The SMILES string of the molecule is Cc1cc(OS(=O)(=O)C(F)(F)F)c(N/N=C(\C#N)C(=N)N)cc1I. The summed E-state index contributed by atoms with van der Waals surface area (Å²) in [7, 11) is -5.89. The zero-order valence-corrected chi connectivity index (χ0v) is 14.7. The second-order valence-electron chi connectivity index (χ2n) is 4.18. The number of aryl methyl sites for hydroxylation is 1. The van der Waals surface area contributed by atoms with E-state index in [1.807, 2.05) is 22.6 Å². The molecule has 4 N–H and O–H groups in total. The van der Waals surface area contributed by atoms with Crippen LogP contribution in [0.5, 0.6) is 5.75 Å². The van der Waals surface area contributed by atoms with E-state index in [1.165, 1.54) is 19.1 Å². The first-order chi connectivity index (χ1) is 10.9. The Morgan fingerprint density at radius 2 is 2.08 bits per heavy atom. The van der Waals surface area contributed by atoms with E-state index in [0.717, 1.165) is 6.07 Å². The molecule has 130 valence electrons. The van der Waals surface area contributed by atoms with Crippen molar-refractivity contribution in [1.29, 1.82) is 10.7 Å². The van der Waals surface area contributed by atoms with Crippen LogP contribution < -0.4 is 15.3 Å². The Morgan fingerprint density at radius 1 is 1.50 bits per heavy atom. The number of benzene rings is 1. The number of halogens is 4. The van der Waals surface area contributed by atoms with E-state index in [9.17, 15) is 21.6 Å². The Balaban J connectivity index is 3.34. The van der Waals surface area contributed by atoms with Gasteiger partial charge in [0.05, 0.1) is 0 Å². The van der Waals surface area contributed by atoms with Gasteiger partial charge in [-0.25, -0.2) is 0 Å². The molecule has 0 aliphatic rings. The van der Waals surface area contributed by atoms with E-state index in [1.54, 1.807) is 0 Å². The van der Waals surface area contributed by atoms with Gasteiger partial charge in [0.15, 0.2) is 11.6 Å². The molecule has 0 amide bonds. The third kappa shape index (κ3) is 4.71. The van der Waals surface area contributed by atoms with E-state index in [2.05, 4.69) is 14.7 Å². The number of alkyl halides is 3. The Labute approximate surface area is 148 Å². The molecule has 0 spiro atoms. The number of nitriles is 1. The lowest BCUT2D eigenvalue weighted by atomic mass is 10.2. The molecule has 0 fully saturated rings. The Hall–Kier alpha value is -2.08. The number of hydrogen-bond acceptors (Lipinski definition) is 7. The van der Waals surface area contributed by atoms with Crippen molar-refractivity contribution in [3.63, 3.8) is 0 Å². The second kappa shape index (κ2) is 7.21. The first-order valence-corrected chi connectivity index (χ1v) is 8.27. The summed E-state index contributed by atoms with van der Waals surface area (Å²) in [6.07, 6.45) is 0. The number of nitrogens with one attached hydrogen (secondary N) is 2. The van der Waals surface area contributed by atoms with Crippen molar-refractivity contribution in [1.82, 2.24) is 0 Å². The molecule has 0 saturated carbocycles. The van der Waals surface area contributed by atoms with Crippen molar-refractivity contribution < 1.29 is 25.8 Å². The lowest BCUT2D eigenvalue weighted by molar-refractivity contribution is -0.0499. The molecule has 0 atom stereocenters. The summed E-state index contributed by atoms with van der Waals surface area (Å²) in [6.45, 7) is 1.53. The van der Waals surface area contributed by atoms with Crippen LogP contribution in [0.3, 0.4) is 0 Å². The largest absolute Gasteiger partial charge is 0.534 e. The molecule has 13 heteroatoms. The normalized spacial score (nSPS) is 12.4. The highest BCUT2D eigenvalue weighted by molar-refractivity contribution is 14.1. The topological polar surface area (TPSA) is 141 Å². The van der Waals surface area contributed by atoms with Gasteiger partial charge in [-0.2, -0.15) is 32.0 Å². The molecular formula is C11H9F3IN5O3S. The number of amidine groups is 1. The number of hydrazone groups is 1. The summed E-state index contributed by atoms with van der Waals surface area (Å²) in [6, 6.07) is 3.80. The van der Waals surface area contributed by atoms with Crippen molar-refractivity contribution in [3.05, 3.63) is 21.3 Å². The van der Waals surface area contributed by atoms with Gasteiger partial charge < -0.3 is 9.92 Å². The first-order valence-electron chi connectivity index (χ1n) is 5.78. The van der Waals surface area contributed by atoms with Crippen LogP contribution in [-0.4, -0.2) is 25.5 Å². The maximum absolute atomic E-state index is 12.5. The average molecular weight is 475 g/mol. The molecule has 1 aromatic rings. The van der Waals surface area contributed by atoms with Gasteiger partial charge in [-0.15, -0.1) is 0 Å². The zero-order valence-electron chi connectivity index (χ0n) is 11.8. The van der Waals surface area contributed by atoms with Crippen molar-refractivity contribution in [2.75, 3.05) is 5.43 Å². The van der Waals surface area contributed by atoms with E-state index in [-0.39, 0.29) is 5.69 Å². The monoisotopic (exact) mass is 475 g/mol. The van der Waals surface area contributed by atoms with Gasteiger partial charge in [-0.05, 0) is 47.2 Å². The predicted molar refractivity (Wildman–Crippen MR) is 88.1 cm³/mol. The molecule has 0 radical (unpaired) electrons. The van der Waals surface area contributed by atoms with Crippen molar-refractivity contribution in [3.8, 4) is 11.8 Å². The van der Waals surface area contributed by atoms with Crippen LogP contribution >= 0.6 is 22.6 Å². The van der Waals surface area contributed by atoms with Crippen molar-refractivity contribution in [2.24, 2.45) is 10.8 Å². The summed E-state index contributed by atoms with van der Waals surface area (Å²) in [4.78, 5) is 0. The summed E-state index contributed by atoms with van der Waals surface area (Å²) >= 11 is 1.85. The highest BCUT2D eigenvalue weighted by Crippen LogP contribution is 2.34. The van der Waals surface area contributed by atoms with E-state index in [0.29, 0.717) is 9.13 Å². The quantitative estimate of drug-likeness (QED) is 0.149. The van der Waals surface area contributed by atoms with Crippen molar-refractivity contribution in [2.45, 2.75) is 12.4 Å². The van der Waals surface area contributed by atoms with Crippen LogP contribution in [0.4, 0.5) is 18.9 Å². The van der Waals surface area contributed by atoms with Gasteiger partial charge in [0.2, 0.25) is 5.71 Å². The van der Waals surface area contributed by atoms with Gasteiger partial charge >= 0.3 is 15.6 Å². The van der Waals surface area contributed by atoms with Crippen molar-refractivity contribution >= 4 is 49.9 Å². The summed E-state index contributed by atoms with van der Waals surface area (Å²) in [5.41, 5.74) is 1.28. The van der Waals surface area contributed by atoms with Crippen LogP contribution in [0.2, 0.25) is 0 Å². The Kier molecular flexibility index (Phi) is 6.00. The number of anilines is 1. The third-order valence-corrected chi connectivity index (χ3v) is 4.52. The van der Waals surface area contributed by atoms with Crippen LogP contribution in [0, 0.1) is 27.2 Å². The molecule has 0 bridgehead atoms. The minimum absolute atomic E-state index is 0.258. The Bertz CT molecular complexity index is 846. The van der Waals surface area contributed by atoms with E-state index in [4.69, 9.17) is 16.4 Å². The molecule has 0 unspecified atom stereocenters. The van der Waals surface area contributed by atoms with Crippen LogP contribution in [0.25, 0.3) is 0 Å². The fraction of sp³-hybridized carbons (Fsp3) is 0.182. The first kappa shape index (κ1) is 20.0. The highest BCUT2D eigenvalue weighted by atomic mass is 127. The summed E-state index contributed by atoms with van der Waals surface area (Å²) in [5, 5.41) is 19.2. The molecule has 0 saturated heterocycles. The molecule has 1 rings (SSSR count). The lowest BCUT2D eigenvalue weighted by Crippen LogP contribution is -2.28. The smallest absolute Gasteiger partial charge is 0.382 e. The summed E-state index contributed by atoms with van der Waals surface area (Å²) < 4.78 is 64.3.